The summed E-state index contributed by atoms with van der Waals surface area (Å²) < 4.78 is 0.956. The van der Waals surface area contributed by atoms with Crippen LogP contribution in [0.5, 0.6) is 0 Å². The molecule has 0 radical (unpaired) electrons. The Hall–Kier alpha value is -1.64. The van der Waals surface area contributed by atoms with E-state index >= 15 is 0 Å². The number of H-pyrrole nitrogens is 1. The minimum atomic E-state index is 0.0221. The van der Waals surface area contributed by atoms with Crippen LogP contribution in [-0.4, -0.2) is 35.2 Å². The summed E-state index contributed by atoms with van der Waals surface area (Å²) in [5.74, 6) is 1.00. The molecule has 2 N–H and O–H groups in total. The number of nitrogens with one attached hydrogen (secondary N) is 2. The van der Waals surface area contributed by atoms with Gasteiger partial charge in [-0.1, -0.05) is 6.07 Å². The molecule has 1 fully saturated rings. The van der Waals surface area contributed by atoms with Crippen molar-refractivity contribution < 1.29 is 4.79 Å². The number of carbonyl (C=O) groups is 1. The van der Waals surface area contributed by atoms with Gasteiger partial charge in [0.05, 0.1) is 15.4 Å². The molecule has 8 heteroatoms. The average Bonchev–Trinajstić information content (AvgIpc) is 3.36. The summed E-state index contributed by atoms with van der Waals surface area (Å²) >= 11 is 6.56. The van der Waals surface area contributed by atoms with Crippen LogP contribution in [0.25, 0.3) is 10.6 Å². The molecule has 0 unspecified atom stereocenters. The van der Waals surface area contributed by atoms with Gasteiger partial charge < -0.3 is 10.2 Å². The van der Waals surface area contributed by atoms with E-state index in [1.54, 1.807) is 11.3 Å². The van der Waals surface area contributed by atoms with E-state index < -0.39 is 0 Å². The van der Waals surface area contributed by atoms with Crippen LogP contribution in [0.1, 0.15) is 22.5 Å². The summed E-state index contributed by atoms with van der Waals surface area (Å²) in [7, 11) is 0. The highest BCUT2D eigenvalue weighted by Crippen LogP contribution is 2.27. The smallest absolute Gasteiger partial charge is 0.261 e. The number of amides is 1. The number of thiophene rings is 2. The molecule has 5 nitrogen and oxygen atoms in total. The highest BCUT2D eigenvalue weighted by Gasteiger charge is 2.23. The molecule has 1 aliphatic heterocycles. The molecule has 3 aromatic rings. The Balaban J connectivity index is 1.33. The maximum Gasteiger partial charge on any atom is 0.261 e. The van der Waals surface area contributed by atoms with E-state index in [1.807, 2.05) is 17.5 Å². The van der Waals surface area contributed by atoms with Crippen LogP contribution in [0.15, 0.2) is 39.5 Å². The topological polar surface area (TPSA) is 61.0 Å². The highest BCUT2D eigenvalue weighted by molar-refractivity contribution is 9.10. The van der Waals surface area contributed by atoms with Crippen molar-refractivity contribution >= 4 is 50.3 Å². The number of hydrogen-bond acceptors (Lipinski definition) is 5. The van der Waals surface area contributed by atoms with Crippen LogP contribution < -0.4 is 10.2 Å². The van der Waals surface area contributed by atoms with E-state index in [4.69, 9.17) is 0 Å². The first-order valence-electron chi connectivity index (χ1n) is 8.08. The Bertz CT molecular complexity index is 850. The molecule has 3 aromatic heterocycles. The van der Waals surface area contributed by atoms with Gasteiger partial charge >= 0.3 is 0 Å². The predicted molar refractivity (Wildman–Crippen MR) is 107 cm³/mol. The highest BCUT2D eigenvalue weighted by atomic mass is 79.9. The molecule has 4 rings (SSSR count). The molecule has 130 valence electrons. The van der Waals surface area contributed by atoms with Crippen LogP contribution in [-0.2, 0) is 0 Å². The van der Waals surface area contributed by atoms with E-state index in [0.29, 0.717) is 0 Å². The summed E-state index contributed by atoms with van der Waals surface area (Å²) in [5.41, 5.74) is 1.06. The van der Waals surface area contributed by atoms with Crippen molar-refractivity contribution in [1.82, 2.24) is 15.5 Å². The number of rotatable bonds is 4. The van der Waals surface area contributed by atoms with Crippen LogP contribution in [0.2, 0.25) is 0 Å². The lowest BCUT2D eigenvalue weighted by Gasteiger charge is -2.32. The molecular formula is C17H17BrN4OS2. The zero-order valence-corrected chi connectivity index (χ0v) is 16.6. The molecule has 0 bridgehead atoms. The molecule has 0 aromatic carbocycles. The van der Waals surface area contributed by atoms with Gasteiger partial charge in [-0.05, 0) is 46.3 Å². The Morgan fingerprint density at radius 2 is 2.16 bits per heavy atom. The molecule has 1 aliphatic rings. The van der Waals surface area contributed by atoms with Crippen LogP contribution >= 0.6 is 38.6 Å². The number of aromatic nitrogens is 2. The van der Waals surface area contributed by atoms with Gasteiger partial charge in [0.25, 0.3) is 5.91 Å². The zero-order valence-electron chi connectivity index (χ0n) is 13.4. The Morgan fingerprint density at radius 3 is 2.84 bits per heavy atom. The van der Waals surface area contributed by atoms with Crippen LogP contribution in [0.3, 0.4) is 0 Å². The fourth-order valence-corrected chi connectivity index (χ4v) is 4.99. The van der Waals surface area contributed by atoms with Crippen LogP contribution in [0, 0.1) is 0 Å². The zero-order chi connectivity index (χ0) is 17.2. The first-order chi connectivity index (χ1) is 12.2. The first kappa shape index (κ1) is 16.8. The third kappa shape index (κ3) is 3.80. The van der Waals surface area contributed by atoms with Gasteiger partial charge in [0.2, 0.25) is 0 Å². The molecular weight excluding hydrogens is 420 g/mol. The van der Waals surface area contributed by atoms with Gasteiger partial charge in [0.15, 0.2) is 5.82 Å². The number of halogens is 1. The van der Waals surface area contributed by atoms with E-state index in [9.17, 15) is 4.79 Å². The number of anilines is 1. The quantitative estimate of drug-likeness (QED) is 0.638. The number of nitrogens with zero attached hydrogens (tertiary/aromatic N) is 2. The SMILES string of the molecule is O=C(NC1CCN(c2cc(-c3cccs3)[nH]n2)CC1)c1cc(Br)cs1. The fourth-order valence-electron chi connectivity index (χ4n) is 2.97. The third-order valence-corrected chi connectivity index (χ3v) is 6.89. The number of aromatic amines is 1. The molecule has 1 saturated heterocycles. The van der Waals surface area contributed by atoms with E-state index in [2.05, 4.69) is 53.9 Å². The molecule has 1 amide bonds. The van der Waals surface area contributed by atoms with Crippen LogP contribution in [0.4, 0.5) is 5.82 Å². The fraction of sp³-hybridized carbons (Fsp3) is 0.294. The molecule has 0 spiro atoms. The van der Waals surface area contributed by atoms with Crippen molar-refractivity contribution in [3.05, 3.63) is 44.4 Å². The summed E-state index contributed by atoms with van der Waals surface area (Å²) in [6.45, 7) is 1.79. The lowest BCUT2D eigenvalue weighted by Crippen LogP contribution is -2.44. The predicted octanol–water partition coefficient (Wildman–Crippen LogP) is 4.36. The van der Waals surface area contributed by atoms with Crippen molar-refractivity contribution in [2.45, 2.75) is 18.9 Å². The lowest BCUT2D eigenvalue weighted by molar-refractivity contribution is 0.0935. The number of carbonyl (C=O) groups excluding carboxylic acids is 1. The van der Waals surface area contributed by atoms with Crippen molar-refractivity contribution in [3.8, 4) is 10.6 Å². The Morgan fingerprint density at radius 1 is 1.32 bits per heavy atom. The lowest BCUT2D eigenvalue weighted by atomic mass is 10.0. The van der Waals surface area contributed by atoms with Crippen molar-refractivity contribution in [1.29, 1.82) is 0 Å². The largest absolute Gasteiger partial charge is 0.355 e. The minimum absolute atomic E-state index is 0.0221. The standard InChI is InChI=1S/C17H17BrN4OS2/c18-11-8-15(25-10-11)17(23)19-12-3-5-22(6-4-12)16-9-13(20-21-16)14-2-1-7-24-14/h1-2,7-10,12H,3-6H2,(H,19,23)(H,20,21). The summed E-state index contributed by atoms with van der Waals surface area (Å²) in [6, 6.07) is 8.33. The molecule has 0 atom stereocenters. The van der Waals surface area contributed by atoms with Crippen molar-refractivity contribution in [2.24, 2.45) is 0 Å². The van der Waals surface area contributed by atoms with E-state index in [0.717, 1.165) is 46.8 Å². The average molecular weight is 437 g/mol. The van der Waals surface area contributed by atoms with E-state index in [-0.39, 0.29) is 11.9 Å². The van der Waals surface area contributed by atoms with Gasteiger partial charge in [-0.2, -0.15) is 5.10 Å². The summed E-state index contributed by atoms with van der Waals surface area (Å²) in [5, 5.41) is 14.7. The third-order valence-electron chi connectivity index (χ3n) is 4.30. The maximum absolute atomic E-state index is 12.3. The monoisotopic (exact) mass is 436 g/mol. The normalized spacial score (nSPS) is 15.5. The summed E-state index contributed by atoms with van der Waals surface area (Å²) in [4.78, 5) is 16.5. The second-order valence-corrected chi connectivity index (χ2v) is 8.76. The number of hydrogen-bond donors (Lipinski definition) is 2. The van der Waals surface area contributed by atoms with Crippen molar-refractivity contribution in [2.75, 3.05) is 18.0 Å². The molecule has 4 heterocycles. The molecule has 25 heavy (non-hydrogen) atoms. The molecule has 0 aliphatic carbocycles. The Kier molecular flexibility index (Phi) is 4.91. The maximum atomic E-state index is 12.3. The minimum Gasteiger partial charge on any atom is -0.355 e. The van der Waals surface area contributed by atoms with Crippen molar-refractivity contribution in [3.63, 3.8) is 0 Å². The van der Waals surface area contributed by atoms with Gasteiger partial charge in [0.1, 0.15) is 0 Å². The van der Waals surface area contributed by atoms with Gasteiger partial charge in [0, 0.05) is 35.1 Å². The van der Waals surface area contributed by atoms with E-state index in [1.165, 1.54) is 16.2 Å². The Labute approximate surface area is 162 Å². The number of piperidine rings is 1. The second kappa shape index (κ2) is 7.31. The molecule has 0 saturated carbocycles. The summed E-state index contributed by atoms with van der Waals surface area (Å²) in [6.07, 6.45) is 1.86. The first-order valence-corrected chi connectivity index (χ1v) is 10.6. The second-order valence-electron chi connectivity index (χ2n) is 5.98. The van der Waals surface area contributed by atoms with Gasteiger partial charge in [-0.3, -0.25) is 9.89 Å². The van der Waals surface area contributed by atoms with Gasteiger partial charge in [-0.25, -0.2) is 0 Å². The van der Waals surface area contributed by atoms with Gasteiger partial charge in [-0.15, -0.1) is 22.7 Å².